The second-order valence-electron chi connectivity index (χ2n) is 2.49. The van der Waals surface area contributed by atoms with Gasteiger partial charge in [0.05, 0.1) is 0 Å². The van der Waals surface area contributed by atoms with Gasteiger partial charge >= 0.3 is 5.97 Å². The van der Waals surface area contributed by atoms with Gasteiger partial charge in [-0.2, -0.15) is 0 Å². The van der Waals surface area contributed by atoms with Crippen LogP contribution in [0, 0.1) is 9.85 Å². The van der Waals surface area contributed by atoms with Crippen LogP contribution in [0.3, 0.4) is 0 Å². The minimum absolute atomic E-state index is 0.177. The average molecular weight is 359 g/mol. The van der Waals surface area contributed by atoms with E-state index in [0.29, 0.717) is 0 Å². The fourth-order valence-corrected chi connectivity index (χ4v) is 1.34. The molecule has 0 saturated carbocycles. The average Bonchev–Trinajstić information content (AvgIpc) is 2.14. The van der Waals surface area contributed by atoms with E-state index in [1.54, 1.807) is 0 Å². The normalized spacial score (nSPS) is 11.3. The Hall–Kier alpha value is 0.240. The van der Waals surface area contributed by atoms with Crippen molar-refractivity contribution in [3.8, 4) is 9.85 Å². The predicted molar refractivity (Wildman–Crippen MR) is 65.0 cm³/mol. The molecule has 0 saturated heterocycles. The third kappa shape index (κ3) is 7.32. The van der Waals surface area contributed by atoms with Crippen LogP contribution in [0.5, 0.6) is 0 Å². The third-order valence-corrected chi connectivity index (χ3v) is 2.63. The van der Waals surface area contributed by atoms with E-state index in [-0.39, 0.29) is 17.4 Å². The minimum Gasteiger partial charge on any atom is -0.452 e. The van der Waals surface area contributed by atoms with Crippen LogP contribution in [0.25, 0.3) is 0 Å². The predicted octanol–water partition coefficient (Wildman–Crippen LogP) is 2.88. The number of ether oxygens (including phenoxy) is 1. The van der Waals surface area contributed by atoms with Crippen molar-refractivity contribution in [1.82, 2.24) is 0 Å². The number of esters is 1. The second-order valence-corrected chi connectivity index (χ2v) is 4.13. The van der Waals surface area contributed by atoms with Crippen molar-refractivity contribution in [3.05, 3.63) is 0 Å². The first-order chi connectivity index (χ1) is 6.22. The molecule has 1 unspecified atom stereocenters. The molecule has 0 aliphatic rings. The van der Waals surface area contributed by atoms with E-state index in [4.69, 9.17) is 4.74 Å². The number of rotatable bonds is 5. The van der Waals surface area contributed by atoms with Crippen molar-refractivity contribution in [2.75, 3.05) is 6.61 Å². The number of halogens is 2. The van der Waals surface area contributed by atoms with E-state index >= 15 is 0 Å². The number of hydrogen-bond donors (Lipinski definition) is 0. The Morgan fingerprint density at radius 2 is 2.38 bits per heavy atom. The SMILES string of the molecule is CCCCC(Br)C(=O)OCC#CI. The molecule has 0 radical (unpaired) electrons. The first-order valence-corrected chi connectivity index (χ1v) is 6.11. The highest BCUT2D eigenvalue weighted by molar-refractivity contribution is 14.1. The fraction of sp³-hybridized carbons (Fsp3) is 0.667. The molecule has 0 heterocycles. The molecular weight excluding hydrogens is 347 g/mol. The molecular formula is C9H12BrIO2. The van der Waals surface area contributed by atoms with Gasteiger partial charge in [-0.05, 0) is 10.3 Å². The van der Waals surface area contributed by atoms with Crippen molar-refractivity contribution in [2.45, 2.75) is 31.0 Å². The van der Waals surface area contributed by atoms with Crippen molar-refractivity contribution < 1.29 is 9.53 Å². The molecule has 0 aromatic rings. The van der Waals surface area contributed by atoms with Crippen LogP contribution in [-0.4, -0.2) is 17.4 Å². The molecule has 4 heteroatoms. The highest BCUT2D eigenvalue weighted by Gasteiger charge is 2.14. The zero-order chi connectivity index (χ0) is 10.1. The molecule has 2 nitrogen and oxygen atoms in total. The maximum Gasteiger partial charge on any atom is 0.320 e. The fourth-order valence-electron chi connectivity index (χ4n) is 0.726. The molecule has 0 amide bonds. The van der Waals surface area contributed by atoms with E-state index in [0.717, 1.165) is 19.3 Å². The van der Waals surface area contributed by atoms with Gasteiger partial charge in [-0.3, -0.25) is 4.79 Å². The van der Waals surface area contributed by atoms with Crippen LogP contribution in [0.15, 0.2) is 0 Å². The van der Waals surface area contributed by atoms with Crippen LogP contribution in [-0.2, 0) is 9.53 Å². The first-order valence-electron chi connectivity index (χ1n) is 4.11. The highest BCUT2D eigenvalue weighted by Crippen LogP contribution is 2.11. The summed E-state index contributed by atoms with van der Waals surface area (Å²) in [5.74, 6) is 2.45. The van der Waals surface area contributed by atoms with Crippen LogP contribution < -0.4 is 0 Å². The number of alkyl halides is 1. The quantitative estimate of drug-likeness (QED) is 0.327. The molecule has 0 rings (SSSR count). The van der Waals surface area contributed by atoms with E-state index in [9.17, 15) is 4.79 Å². The summed E-state index contributed by atoms with van der Waals surface area (Å²) in [7, 11) is 0. The lowest BCUT2D eigenvalue weighted by molar-refractivity contribution is -0.141. The third-order valence-electron chi connectivity index (χ3n) is 1.42. The van der Waals surface area contributed by atoms with Crippen molar-refractivity contribution >= 4 is 44.5 Å². The van der Waals surface area contributed by atoms with Gasteiger partial charge in [0.1, 0.15) is 4.83 Å². The summed E-state index contributed by atoms with van der Waals surface area (Å²) in [5.41, 5.74) is 0. The molecule has 0 aromatic carbocycles. The van der Waals surface area contributed by atoms with Gasteiger partial charge in [-0.15, -0.1) is 0 Å². The van der Waals surface area contributed by atoms with Crippen molar-refractivity contribution in [2.24, 2.45) is 0 Å². The Bertz CT molecular complexity index is 207. The Kier molecular flexibility index (Phi) is 8.98. The zero-order valence-corrected chi connectivity index (χ0v) is 11.2. The van der Waals surface area contributed by atoms with Gasteiger partial charge in [-0.25, -0.2) is 0 Å². The summed E-state index contributed by atoms with van der Waals surface area (Å²) in [5, 5.41) is 0. The Morgan fingerprint density at radius 1 is 1.69 bits per heavy atom. The van der Waals surface area contributed by atoms with Crippen LogP contribution in [0.2, 0.25) is 0 Å². The summed E-state index contributed by atoms with van der Waals surface area (Å²) < 4.78 is 7.51. The lowest BCUT2D eigenvalue weighted by atomic mass is 10.2. The monoisotopic (exact) mass is 358 g/mol. The Morgan fingerprint density at radius 3 is 2.92 bits per heavy atom. The van der Waals surface area contributed by atoms with Gasteiger partial charge in [0, 0.05) is 22.6 Å². The molecule has 74 valence electrons. The van der Waals surface area contributed by atoms with Crippen molar-refractivity contribution in [3.63, 3.8) is 0 Å². The largest absolute Gasteiger partial charge is 0.452 e. The molecule has 13 heavy (non-hydrogen) atoms. The Balaban J connectivity index is 3.60. The van der Waals surface area contributed by atoms with E-state index in [1.165, 1.54) is 0 Å². The van der Waals surface area contributed by atoms with Gasteiger partial charge in [0.15, 0.2) is 6.61 Å². The highest BCUT2D eigenvalue weighted by atomic mass is 127. The van der Waals surface area contributed by atoms with Crippen LogP contribution in [0.1, 0.15) is 26.2 Å². The standard InChI is InChI=1S/C9H12BrIO2/c1-2-3-5-8(10)9(12)13-7-4-6-11/h8H,2-3,5,7H2,1H3. The molecule has 0 N–H and O–H groups in total. The van der Waals surface area contributed by atoms with E-state index in [2.05, 4.69) is 32.7 Å². The number of carbonyl (C=O) groups is 1. The van der Waals surface area contributed by atoms with Gasteiger partial charge in [-0.1, -0.05) is 41.6 Å². The van der Waals surface area contributed by atoms with E-state index < -0.39 is 0 Å². The molecule has 1 atom stereocenters. The molecule has 0 aromatic heterocycles. The molecule has 0 aliphatic carbocycles. The molecule has 0 aliphatic heterocycles. The van der Waals surface area contributed by atoms with Crippen LogP contribution in [0.4, 0.5) is 0 Å². The van der Waals surface area contributed by atoms with Crippen LogP contribution >= 0.6 is 38.5 Å². The molecule has 0 bridgehead atoms. The Labute approximate surface area is 101 Å². The summed E-state index contributed by atoms with van der Waals surface area (Å²) in [4.78, 5) is 11.0. The summed E-state index contributed by atoms with van der Waals surface area (Å²) in [6, 6.07) is 0. The van der Waals surface area contributed by atoms with E-state index in [1.807, 2.05) is 22.6 Å². The smallest absolute Gasteiger partial charge is 0.320 e. The summed E-state index contributed by atoms with van der Waals surface area (Å²) in [6.07, 6.45) is 2.94. The lowest BCUT2D eigenvalue weighted by Crippen LogP contribution is -2.17. The van der Waals surface area contributed by atoms with Gasteiger partial charge < -0.3 is 4.74 Å². The molecule has 0 fully saturated rings. The maximum atomic E-state index is 11.2. The minimum atomic E-state index is -0.215. The van der Waals surface area contributed by atoms with Gasteiger partial charge in [0.25, 0.3) is 0 Å². The zero-order valence-electron chi connectivity index (χ0n) is 7.48. The van der Waals surface area contributed by atoms with Crippen molar-refractivity contribution in [1.29, 1.82) is 0 Å². The number of carbonyl (C=O) groups excluding carboxylic acids is 1. The lowest BCUT2D eigenvalue weighted by Gasteiger charge is -2.06. The second kappa shape index (κ2) is 8.82. The molecule has 0 spiro atoms. The first kappa shape index (κ1) is 13.2. The van der Waals surface area contributed by atoms with Gasteiger partial charge in [0.2, 0.25) is 0 Å². The maximum absolute atomic E-state index is 11.2. The number of unbranched alkanes of at least 4 members (excludes halogenated alkanes) is 1. The summed E-state index contributed by atoms with van der Waals surface area (Å²) >= 11 is 5.18. The number of hydrogen-bond acceptors (Lipinski definition) is 2. The summed E-state index contributed by atoms with van der Waals surface area (Å²) in [6.45, 7) is 2.28. The topological polar surface area (TPSA) is 26.3 Å².